The number of likely N-dealkylation sites (tertiary alicyclic amines) is 1. The zero-order valence-corrected chi connectivity index (χ0v) is 16.4. The minimum atomic E-state index is -0.577. The predicted molar refractivity (Wildman–Crippen MR) is 108 cm³/mol. The molecule has 1 aromatic carbocycles. The van der Waals surface area contributed by atoms with Gasteiger partial charge in [0.25, 0.3) is 0 Å². The second kappa shape index (κ2) is 7.74. The SMILES string of the molecule is CNC(=O)[C@]1(Cc2ccccc2-c2cccnc2)CCN(C(=O)C2CCC2)C1. The maximum absolute atomic E-state index is 12.9. The average molecular weight is 377 g/mol. The van der Waals surface area contributed by atoms with E-state index in [0.29, 0.717) is 25.9 Å². The van der Waals surface area contributed by atoms with Crippen molar-refractivity contribution in [1.82, 2.24) is 15.2 Å². The van der Waals surface area contributed by atoms with E-state index in [2.05, 4.69) is 22.4 Å². The highest BCUT2D eigenvalue weighted by atomic mass is 16.2. The summed E-state index contributed by atoms with van der Waals surface area (Å²) >= 11 is 0. The summed E-state index contributed by atoms with van der Waals surface area (Å²) < 4.78 is 0. The van der Waals surface area contributed by atoms with Gasteiger partial charge in [-0.05, 0) is 42.9 Å². The Bertz CT molecular complexity index is 863. The summed E-state index contributed by atoms with van der Waals surface area (Å²) in [5.74, 6) is 0.429. The first kappa shape index (κ1) is 18.7. The van der Waals surface area contributed by atoms with Crippen LogP contribution < -0.4 is 5.32 Å². The van der Waals surface area contributed by atoms with Crippen LogP contribution in [0.1, 0.15) is 31.2 Å². The quantitative estimate of drug-likeness (QED) is 0.871. The van der Waals surface area contributed by atoms with Crippen molar-refractivity contribution in [3.05, 3.63) is 54.4 Å². The van der Waals surface area contributed by atoms with Gasteiger partial charge >= 0.3 is 0 Å². The number of benzene rings is 1. The lowest BCUT2D eigenvalue weighted by Gasteiger charge is -2.32. The Morgan fingerprint density at radius 2 is 2.04 bits per heavy atom. The largest absolute Gasteiger partial charge is 0.359 e. The average Bonchev–Trinajstić information content (AvgIpc) is 3.12. The molecule has 1 aliphatic carbocycles. The first-order chi connectivity index (χ1) is 13.6. The van der Waals surface area contributed by atoms with E-state index in [1.807, 2.05) is 35.4 Å². The van der Waals surface area contributed by atoms with Gasteiger partial charge in [0.15, 0.2) is 0 Å². The molecule has 5 nitrogen and oxygen atoms in total. The summed E-state index contributed by atoms with van der Waals surface area (Å²) in [4.78, 5) is 31.9. The topological polar surface area (TPSA) is 62.3 Å². The van der Waals surface area contributed by atoms with Gasteiger partial charge in [-0.25, -0.2) is 0 Å². The minimum absolute atomic E-state index is 0.0254. The lowest BCUT2D eigenvalue weighted by atomic mass is 9.78. The minimum Gasteiger partial charge on any atom is -0.359 e. The molecule has 2 aromatic rings. The molecule has 0 bridgehead atoms. The molecule has 0 unspecified atom stereocenters. The van der Waals surface area contributed by atoms with E-state index in [-0.39, 0.29) is 17.7 Å². The van der Waals surface area contributed by atoms with Crippen molar-refractivity contribution >= 4 is 11.8 Å². The fraction of sp³-hybridized carbons (Fsp3) is 0.435. The van der Waals surface area contributed by atoms with Crippen molar-refractivity contribution in [2.45, 2.75) is 32.1 Å². The monoisotopic (exact) mass is 377 g/mol. The van der Waals surface area contributed by atoms with Gasteiger partial charge in [0.05, 0.1) is 5.41 Å². The zero-order valence-electron chi connectivity index (χ0n) is 16.4. The van der Waals surface area contributed by atoms with Crippen molar-refractivity contribution in [3.8, 4) is 11.1 Å². The van der Waals surface area contributed by atoms with Gasteiger partial charge in [0.2, 0.25) is 11.8 Å². The molecule has 28 heavy (non-hydrogen) atoms. The highest BCUT2D eigenvalue weighted by Gasteiger charge is 2.47. The van der Waals surface area contributed by atoms with Gasteiger partial charge in [0, 0.05) is 44.0 Å². The molecule has 0 radical (unpaired) electrons. The summed E-state index contributed by atoms with van der Waals surface area (Å²) in [6, 6.07) is 12.2. The molecule has 1 saturated carbocycles. The van der Waals surface area contributed by atoms with E-state index in [1.54, 1.807) is 13.2 Å². The molecule has 2 aliphatic rings. The molecule has 0 spiro atoms. The van der Waals surface area contributed by atoms with Crippen LogP contribution in [0.25, 0.3) is 11.1 Å². The Morgan fingerprint density at radius 3 is 2.71 bits per heavy atom. The predicted octanol–water partition coefficient (Wildman–Crippen LogP) is 3.06. The smallest absolute Gasteiger partial charge is 0.228 e. The lowest BCUT2D eigenvalue weighted by Crippen LogP contribution is -2.45. The van der Waals surface area contributed by atoms with Gasteiger partial charge in [0.1, 0.15) is 0 Å². The van der Waals surface area contributed by atoms with Crippen LogP contribution >= 0.6 is 0 Å². The maximum atomic E-state index is 12.9. The van der Waals surface area contributed by atoms with E-state index in [9.17, 15) is 9.59 Å². The summed E-state index contributed by atoms with van der Waals surface area (Å²) in [6.45, 7) is 1.17. The Balaban J connectivity index is 1.62. The van der Waals surface area contributed by atoms with Crippen molar-refractivity contribution < 1.29 is 9.59 Å². The Hall–Kier alpha value is -2.69. The normalized spacial score (nSPS) is 22.0. The Morgan fingerprint density at radius 1 is 1.21 bits per heavy atom. The molecule has 5 heteroatoms. The molecule has 1 atom stereocenters. The second-order valence-electron chi connectivity index (χ2n) is 8.07. The van der Waals surface area contributed by atoms with E-state index in [4.69, 9.17) is 0 Å². The molecule has 1 aliphatic heterocycles. The standard InChI is InChI=1S/C23H27N3O2/c1-24-22(28)23(11-13-26(16-23)21(27)17-7-4-8-17)14-18-6-2-3-10-20(18)19-9-5-12-25-15-19/h2-3,5-6,9-10,12,15,17H,4,7-8,11,13-14,16H2,1H3,(H,24,28)/t23-/m0/s1. The van der Waals surface area contributed by atoms with Gasteiger partial charge in [-0.3, -0.25) is 14.6 Å². The number of carbonyl (C=O) groups excluding carboxylic acids is 2. The third kappa shape index (κ3) is 3.41. The van der Waals surface area contributed by atoms with E-state index in [0.717, 1.165) is 36.0 Å². The molecular formula is C23H27N3O2. The van der Waals surface area contributed by atoms with Crippen molar-refractivity contribution in [3.63, 3.8) is 0 Å². The fourth-order valence-electron chi connectivity index (χ4n) is 4.49. The third-order valence-corrected chi connectivity index (χ3v) is 6.35. The molecule has 2 fully saturated rings. The maximum Gasteiger partial charge on any atom is 0.228 e. The van der Waals surface area contributed by atoms with Gasteiger partial charge in [-0.2, -0.15) is 0 Å². The number of aromatic nitrogens is 1. The number of pyridine rings is 1. The summed E-state index contributed by atoms with van der Waals surface area (Å²) in [6.07, 6.45) is 8.06. The van der Waals surface area contributed by atoms with Crippen LogP contribution in [0.4, 0.5) is 0 Å². The summed E-state index contributed by atoms with van der Waals surface area (Å²) in [7, 11) is 1.69. The van der Waals surface area contributed by atoms with Crippen molar-refractivity contribution in [2.24, 2.45) is 11.3 Å². The van der Waals surface area contributed by atoms with Crippen LogP contribution in [0.5, 0.6) is 0 Å². The highest BCUT2D eigenvalue weighted by Crippen LogP contribution is 2.39. The lowest BCUT2D eigenvalue weighted by molar-refractivity contribution is -0.138. The van der Waals surface area contributed by atoms with E-state index >= 15 is 0 Å². The molecule has 2 heterocycles. The molecule has 146 valence electrons. The van der Waals surface area contributed by atoms with Gasteiger partial charge in [-0.1, -0.05) is 36.8 Å². The summed E-state index contributed by atoms with van der Waals surface area (Å²) in [5, 5.41) is 2.85. The van der Waals surface area contributed by atoms with Crippen LogP contribution in [0.3, 0.4) is 0 Å². The number of hydrogen-bond donors (Lipinski definition) is 1. The number of rotatable bonds is 5. The number of amides is 2. The van der Waals surface area contributed by atoms with Crippen LogP contribution in [0.2, 0.25) is 0 Å². The number of carbonyl (C=O) groups is 2. The second-order valence-corrected chi connectivity index (χ2v) is 8.07. The first-order valence-electron chi connectivity index (χ1n) is 10.1. The number of nitrogens with one attached hydrogen (secondary N) is 1. The Kier molecular flexibility index (Phi) is 5.16. The van der Waals surface area contributed by atoms with Crippen LogP contribution in [-0.4, -0.2) is 41.8 Å². The van der Waals surface area contributed by atoms with E-state index in [1.165, 1.54) is 0 Å². The third-order valence-electron chi connectivity index (χ3n) is 6.35. The van der Waals surface area contributed by atoms with Crippen LogP contribution in [0.15, 0.2) is 48.8 Å². The van der Waals surface area contributed by atoms with Crippen molar-refractivity contribution in [1.29, 1.82) is 0 Å². The van der Waals surface area contributed by atoms with Crippen molar-refractivity contribution in [2.75, 3.05) is 20.1 Å². The van der Waals surface area contributed by atoms with Crippen LogP contribution in [0, 0.1) is 11.3 Å². The molecule has 4 rings (SSSR count). The molecular weight excluding hydrogens is 350 g/mol. The van der Waals surface area contributed by atoms with E-state index < -0.39 is 5.41 Å². The molecule has 1 N–H and O–H groups in total. The first-order valence-corrected chi connectivity index (χ1v) is 10.1. The van der Waals surface area contributed by atoms with Gasteiger partial charge in [-0.15, -0.1) is 0 Å². The van der Waals surface area contributed by atoms with Gasteiger partial charge < -0.3 is 10.2 Å². The van der Waals surface area contributed by atoms with Crippen LogP contribution in [-0.2, 0) is 16.0 Å². The zero-order chi connectivity index (χ0) is 19.6. The summed E-state index contributed by atoms with van der Waals surface area (Å²) in [5.41, 5.74) is 2.69. The number of hydrogen-bond acceptors (Lipinski definition) is 3. The Labute approximate surface area is 166 Å². The fourth-order valence-corrected chi connectivity index (χ4v) is 4.49. The number of nitrogens with zero attached hydrogens (tertiary/aromatic N) is 2. The molecule has 1 saturated heterocycles. The molecule has 2 amide bonds. The molecule has 1 aromatic heterocycles. The highest BCUT2D eigenvalue weighted by molar-refractivity contribution is 5.86.